The molecule has 2 aromatic heterocycles. The summed E-state index contributed by atoms with van der Waals surface area (Å²) in [6, 6.07) is 7.87. The van der Waals surface area contributed by atoms with Crippen LogP contribution in [-0.4, -0.2) is 27.7 Å². The zero-order valence-corrected chi connectivity index (χ0v) is 12.8. The van der Waals surface area contributed by atoms with E-state index in [4.69, 9.17) is 11.6 Å². The molecule has 2 atom stereocenters. The molecule has 2 unspecified atom stereocenters. The Morgan fingerprint density at radius 1 is 1.29 bits per heavy atom. The fourth-order valence-corrected chi connectivity index (χ4v) is 2.30. The van der Waals surface area contributed by atoms with Crippen molar-refractivity contribution in [3.8, 4) is 0 Å². The van der Waals surface area contributed by atoms with Crippen molar-refractivity contribution < 1.29 is 5.11 Å². The Hall–Kier alpha value is -1.49. The second-order valence-electron chi connectivity index (χ2n) is 5.10. The predicted octanol–water partition coefficient (Wildman–Crippen LogP) is 2.77. The Morgan fingerprint density at radius 2 is 2.10 bits per heavy atom. The number of aliphatic hydroxyl groups excluding tert-OH is 1. The SMILES string of the molecule is CC(CCc1cccnc1Cl)NCC(O)c1cccnc1. The maximum atomic E-state index is 10.1. The van der Waals surface area contributed by atoms with Crippen LogP contribution in [0.15, 0.2) is 42.9 Å². The molecule has 112 valence electrons. The molecule has 0 aromatic carbocycles. The largest absolute Gasteiger partial charge is 0.387 e. The molecule has 0 aliphatic carbocycles. The summed E-state index contributed by atoms with van der Waals surface area (Å²) in [6.07, 6.45) is 6.34. The lowest BCUT2D eigenvalue weighted by Crippen LogP contribution is -2.30. The summed E-state index contributed by atoms with van der Waals surface area (Å²) in [6.45, 7) is 2.61. The van der Waals surface area contributed by atoms with Crippen molar-refractivity contribution in [1.82, 2.24) is 15.3 Å². The van der Waals surface area contributed by atoms with E-state index in [-0.39, 0.29) is 6.04 Å². The standard InChI is InChI=1S/C16H20ClN3O/c1-12(6-7-13-4-3-9-19-16(13)17)20-11-15(21)14-5-2-8-18-10-14/h2-5,8-10,12,15,20-21H,6-7,11H2,1H3. The zero-order chi connectivity index (χ0) is 15.1. The number of aliphatic hydroxyl groups is 1. The van der Waals surface area contributed by atoms with Crippen molar-refractivity contribution in [2.24, 2.45) is 0 Å². The molecule has 5 heteroatoms. The third-order valence-corrected chi connectivity index (χ3v) is 3.75. The number of halogens is 1. The second kappa shape index (κ2) is 8.08. The molecular weight excluding hydrogens is 286 g/mol. The Kier molecular flexibility index (Phi) is 6.11. The molecule has 0 amide bonds. The van der Waals surface area contributed by atoms with Crippen molar-refractivity contribution in [2.45, 2.75) is 31.9 Å². The third-order valence-electron chi connectivity index (χ3n) is 3.41. The fourth-order valence-electron chi connectivity index (χ4n) is 2.08. The van der Waals surface area contributed by atoms with Crippen LogP contribution in [0.5, 0.6) is 0 Å². The molecule has 0 aliphatic rings. The van der Waals surface area contributed by atoms with Gasteiger partial charge in [-0.1, -0.05) is 23.7 Å². The van der Waals surface area contributed by atoms with Crippen LogP contribution in [0.1, 0.15) is 30.6 Å². The monoisotopic (exact) mass is 305 g/mol. The molecule has 2 heterocycles. The van der Waals surface area contributed by atoms with Crippen molar-refractivity contribution in [2.75, 3.05) is 6.54 Å². The summed E-state index contributed by atoms with van der Waals surface area (Å²) in [5.41, 5.74) is 1.88. The summed E-state index contributed by atoms with van der Waals surface area (Å²) in [7, 11) is 0. The Labute approximate surface area is 130 Å². The van der Waals surface area contributed by atoms with E-state index in [9.17, 15) is 5.11 Å². The van der Waals surface area contributed by atoms with E-state index in [2.05, 4.69) is 22.2 Å². The lowest BCUT2D eigenvalue weighted by molar-refractivity contribution is 0.169. The van der Waals surface area contributed by atoms with E-state index in [0.29, 0.717) is 11.7 Å². The van der Waals surface area contributed by atoms with E-state index < -0.39 is 6.10 Å². The van der Waals surface area contributed by atoms with Crippen LogP contribution in [0.25, 0.3) is 0 Å². The first kappa shape index (κ1) is 15.9. The summed E-state index contributed by atoms with van der Waals surface area (Å²) < 4.78 is 0. The molecule has 2 N–H and O–H groups in total. The van der Waals surface area contributed by atoms with Crippen LogP contribution in [0.2, 0.25) is 5.15 Å². The fraction of sp³-hybridized carbons (Fsp3) is 0.375. The van der Waals surface area contributed by atoms with E-state index in [0.717, 1.165) is 24.0 Å². The Balaban J connectivity index is 1.75. The molecular formula is C16H20ClN3O. The number of hydrogen-bond acceptors (Lipinski definition) is 4. The minimum absolute atomic E-state index is 0.285. The minimum atomic E-state index is -0.539. The van der Waals surface area contributed by atoms with Gasteiger partial charge in [-0.05, 0) is 37.5 Å². The van der Waals surface area contributed by atoms with E-state index in [1.54, 1.807) is 18.6 Å². The summed E-state index contributed by atoms with van der Waals surface area (Å²) in [4.78, 5) is 8.08. The van der Waals surface area contributed by atoms with Gasteiger partial charge in [0.05, 0.1) is 6.10 Å². The van der Waals surface area contributed by atoms with Gasteiger partial charge in [0.1, 0.15) is 5.15 Å². The van der Waals surface area contributed by atoms with Gasteiger partial charge < -0.3 is 10.4 Å². The predicted molar refractivity (Wildman–Crippen MR) is 84.2 cm³/mol. The number of nitrogens with one attached hydrogen (secondary N) is 1. The van der Waals surface area contributed by atoms with Crippen molar-refractivity contribution >= 4 is 11.6 Å². The number of aromatic nitrogens is 2. The molecule has 4 nitrogen and oxygen atoms in total. The van der Waals surface area contributed by atoms with Gasteiger partial charge in [0.2, 0.25) is 0 Å². The summed E-state index contributed by atoms with van der Waals surface area (Å²) >= 11 is 6.04. The average Bonchev–Trinajstić information content (AvgIpc) is 2.52. The van der Waals surface area contributed by atoms with Gasteiger partial charge in [-0.2, -0.15) is 0 Å². The van der Waals surface area contributed by atoms with E-state index >= 15 is 0 Å². The first-order chi connectivity index (χ1) is 10.2. The maximum absolute atomic E-state index is 10.1. The van der Waals surface area contributed by atoms with Gasteiger partial charge in [0.25, 0.3) is 0 Å². The molecule has 0 spiro atoms. The minimum Gasteiger partial charge on any atom is -0.387 e. The number of nitrogens with zero attached hydrogens (tertiary/aromatic N) is 2. The number of aryl methyl sites for hydroxylation is 1. The number of rotatable bonds is 7. The van der Waals surface area contributed by atoms with Gasteiger partial charge in [0.15, 0.2) is 0 Å². The molecule has 0 saturated heterocycles. The van der Waals surface area contributed by atoms with E-state index in [1.165, 1.54) is 0 Å². The number of hydrogen-bond donors (Lipinski definition) is 2. The first-order valence-corrected chi connectivity index (χ1v) is 7.45. The maximum Gasteiger partial charge on any atom is 0.132 e. The summed E-state index contributed by atoms with van der Waals surface area (Å²) in [5.74, 6) is 0. The van der Waals surface area contributed by atoms with Crippen molar-refractivity contribution in [1.29, 1.82) is 0 Å². The van der Waals surface area contributed by atoms with Gasteiger partial charge >= 0.3 is 0 Å². The molecule has 2 aromatic rings. The molecule has 0 fully saturated rings. The van der Waals surface area contributed by atoms with Gasteiger partial charge in [-0.15, -0.1) is 0 Å². The molecule has 21 heavy (non-hydrogen) atoms. The van der Waals surface area contributed by atoms with Crippen LogP contribution in [-0.2, 0) is 6.42 Å². The van der Waals surface area contributed by atoms with Crippen LogP contribution in [0.3, 0.4) is 0 Å². The number of pyridine rings is 2. The van der Waals surface area contributed by atoms with Crippen LogP contribution >= 0.6 is 11.6 Å². The zero-order valence-electron chi connectivity index (χ0n) is 12.0. The topological polar surface area (TPSA) is 58.0 Å². The molecule has 0 bridgehead atoms. The highest BCUT2D eigenvalue weighted by Gasteiger charge is 2.10. The summed E-state index contributed by atoms with van der Waals surface area (Å²) in [5, 5.41) is 14.0. The average molecular weight is 306 g/mol. The second-order valence-corrected chi connectivity index (χ2v) is 5.46. The Morgan fingerprint density at radius 3 is 2.81 bits per heavy atom. The van der Waals surface area contributed by atoms with E-state index in [1.807, 2.05) is 24.3 Å². The molecule has 0 radical (unpaired) electrons. The van der Waals surface area contributed by atoms with Crippen molar-refractivity contribution in [3.63, 3.8) is 0 Å². The van der Waals surface area contributed by atoms with Gasteiger partial charge in [-0.25, -0.2) is 4.98 Å². The first-order valence-electron chi connectivity index (χ1n) is 7.07. The normalized spacial score (nSPS) is 13.9. The highest BCUT2D eigenvalue weighted by molar-refractivity contribution is 6.30. The molecule has 0 aliphatic heterocycles. The van der Waals surface area contributed by atoms with Crippen molar-refractivity contribution in [3.05, 3.63) is 59.1 Å². The van der Waals surface area contributed by atoms with Crippen LogP contribution in [0, 0.1) is 0 Å². The highest BCUT2D eigenvalue weighted by atomic mass is 35.5. The Bertz CT molecular complexity index is 550. The molecule has 0 saturated carbocycles. The van der Waals surface area contributed by atoms with Crippen LogP contribution < -0.4 is 5.32 Å². The van der Waals surface area contributed by atoms with Gasteiger partial charge in [0, 0.05) is 36.7 Å². The quantitative estimate of drug-likeness (QED) is 0.772. The molecule has 2 rings (SSSR count). The van der Waals surface area contributed by atoms with Crippen LogP contribution in [0.4, 0.5) is 0 Å². The lowest BCUT2D eigenvalue weighted by Gasteiger charge is -2.17. The highest BCUT2D eigenvalue weighted by Crippen LogP contribution is 2.15. The third kappa shape index (κ3) is 5.08. The smallest absolute Gasteiger partial charge is 0.132 e. The lowest BCUT2D eigenvalue weighted by atomic mass is 10.1. The van der Waals surface area contributed by atoms with Gasteiger partial charge in [-0.3, -0.25) is 4.98 Å².